The van der Waals surface area contributed by atoms with E-state index in [2.05, 4.69) is 0 Å². The van der Waals surface area contributed by atoms with Crippen molar-refractivity contribution in [2.24, 2.45) is 5.92 Å². The highest BCUT2D eigenvalue weighted by molar-refractivity contribution is 6.35. The average molecular weight is 469 g/mol. The molecule has 162 valence electrons. The summed E-state index contributed by atoms with van der Waals surface area (Å²) in [5.74, 6) is -0.910. The van der Waals surface area contributed by atoms with Gasteiger partial charge in [0.25, 0.3) is 5.91 Å². The van der Waals surface area contributed by atoms with Gasteiger partial charge in [-0.15, -0.1) is 0 Å². The summed E-state index contributed by atoms with van der Waals surface area (Å²) in [6.07, 6.45) is -0.971. The fourth-order valence-electron chi connectivity index (χ4n) is 4.26. The second-order valence-electron chi connectivity index (χ2n) is 7.53. The minimum atomic E-state index is -0.971. The number of carbonyl (C=O) groups is 2. The van der Waals surface area contributed by atoms with E-state index in [0.29, 0.717) is 27.0 Å². The van der Waals surface area contributed by atoms with Gasteiger partial charge >= 0.3 is 0 Å². The SMILES string of the molecule is COc1ccc(N2C(=O)[C@@H]3[C@@H](ON(c4ccccc4)[C@H]3c3ccc(Cl)cc3Cl)C2=O)cc1. The van der Waals surface area contributed by atoms with Crippen LogP contribution in [0, 0.1) is 5.92 Å². The first kappa shape index (κ1) is 20.8. The van der Waals surface area contributed by atoms with Crippen molar-refractivity contribution in [1.29, 1.82) is 0 Å². The largest absolute Gasteiger partial charge is 0.497 e. The van der Waals surface area contributed by atoms with Crippen molar-refractivity contribution in [3.8, 4) is 5.75 Å². The molecule has 0 spiro atoms. The maximum atomic E-state index is 13.6. The fourth-order valence-corrected chi connectivity index (χ4v) is 4.78. The maximum absolute atomic E-state index is 13.6. The van der Waals surface area contributed by atoms with E-state index >= 15 is 0 Å². The van der Waals surface area contributed by atoms with E-state index in [9.17, 15) is 9.59 Å². The van der Waals surface area contributed by atoms with Crippen LogP contribution in [0.25, 0.3) is 0 Å². The van der Waals surface area contributed by atoms with E-state index in [1.807, 2.05) is 30.3 Å². The standard InChI is InChI=1S/C24H18Cl2N2O4/c1-31-17-10-8-15(9-11-17)27-23(29)20-21(18-12-7-14(25)13-19(18)26)28(32-22(20)24(27)30)16-5-3-2-4-6-16/h2-13,20-22H,1H3/t20-,21-,22+/m0/s1. The fraction of sp³-hybridized carbons (Fsp3) is 0.167. The maximum Gasteiger partial charge on any atom is 0.266 e. The molecular formula is C24H18Cl2N2O4. The summed E-state index contributed by atoms with van der Waals surface area (Å²) in [6.45, 7) is 0. The van der Waals surface area contributed by atoms with Crippen LogP contribution in [-0.2, 0) is 14.4 Å². The third-order valence-corrected chi connectivity index (χ3v) is 6.30. The van der Waals surface area contributed by atoms with E-state index in [1.54, 1.807) is 54.6 Å². The lowest BCUT2D eigenvalue weighted by atomic mass is 9.90. The number of ether oxygens (including phenoxy) is 1. The van der Waals surface area contributed by atoms with Gasteiger partial charge < -0.3 is 4.74 Å². The van der Waals surface area contributed by atoms with Crippen molar-refractivity contribution in [3.63, 3.8) is 0 Å². The van der Waals surface area contributed by atoms with E-state index in [4.69, 9.17) is 32.8 Å². The van der Waals surface area contributed by atoms with Gasteiger partial charge in [-0.2, -0.15) is 0 Å². The normalized spacial score (nSPS) is 22.4. The quantitative estimate of drug-likeness (QED) is 0.501. The Morgan fingerprint density at radius 1 is 0.875 bits per heavy atom. The Bertz CT molecular complexity index is 1190. The molecule has 0 aromatic heterocycles. The van der Waals surface area contributed by atoms with Crippen LogP contribution in [0.4, 0.5) is 11.4 Å². The van der Waals surface area contributed by atoms with Crippen LogP contribution < -0.4 is 14.7 Å². The molecule has 0 aliphatic carbocycles. The van der Waals surface area contributed by atoms with Gasteiger partial charge in [-0.25, -0.2) is 9.96 Å². The molecule has 32 heavy (non-hydrogen) atoms. The number of amides is 2. The first-order chi connectivity index (χ1) is 15.5. The van der Waals surface area contributed by atoms with Gasteiger partial charge in [0.1, 0.15) is 11.7 Å². The molecule has 3 aromatic carbocycles. The number of hydroxylamine groups is 1. The summed E-state index contributed by atoms with van der Waals surface area (Å²) in [5, 5.41) is 2.48. The summed E-state index contributed by atoms with van der Waals surface area (Å²) in [5.41, 5.74) is 1.84. The van der Waals surface area contributed by atoms with Crippen molar-refractivity contribution in [1.82, 2.24) is 0 Å². The topological polar surface area (TPSA) is 59.1 Å². The number of carbonyl (C=O) groups excluding carboxylic acids is 2. The molecule has 2 aliphatic rings. The van der Waals surface area contributed by atoms with Crippen LogP contribution in [0.15, 0.2) is 72.8 Å². The number of nitrogens with zero attached hydrogens (tertiary/aromatic N) is 2. The molecule has 0 saturated carbocycles. The van der Waals surface area contributed by atoms with Crippen molar-refractivity contribution in [3.05, 3.63) is 88.4 Å². The number of hydrogen-bond donors (Lipinski definition) is 0. The number of fused-ring (bicyclic) bond motifs is 1. The Labute approximate surface area is 194 Å². The Morgan fingerprint density at radius 2 is 1.59 bits per heavy atom. The zero-order chi connectivity index (χ0) is 22.4. The molecule has 0 unspecified atom stereocenters. The van der Waals surface area contributed by atoms with Crippen LogP contribution in [0.3, 0.4) is 0 Å². The number of rotatable bonds is 4. The number of anilines is 2. The summed E-state index contributed by atoms with van der Waals surface area (Å²) in [6, 6.07) is 20.6. The average Bonchev–Trinajstić information content (AvgIpc) is 3.30. The number of para-hydroxylation sites is 1. The summed E-state index contributed by atoms with van der Waals surface area (Å²) in [7, 11) is 1.55. The first-order valence-electron chi connectivity index (χ1n) is 9.97. The number of imide groups is 1. The zero-order valence-corrected chi connectivity index (χ0v) is 18.5. The number of hydrogen-bond acceptors (Lipinski definition) is 5. The van der Waals surface area contributed by atoms with Gasteiger partial charge in [0.15, 0.2) is 6.10 Å². The van der Waals surface area contributed by atoms with E-state index < -0.39 is 24.0 Å². The van der Waals surface area contributed by atoms with Crippen LogP contribution in [-0.4, -0.2) is 25.0 Å². The Balaban J connectivity index is 1.58. The second-order valence-corrected chi connectivity index (χ2v) is 8.38. The lowest BCUT2D eigenvalue weighted by Gasteiger charge is -2.29. The Hall–Kier alpha value is -3.06. The molecule has 2 saturated heterocycles. The van der Waals surface area contributed by atoms with Gasteiger partial charge in [0.2, 0.25) is 5.91 Å². The zero-order valence-electron chi connectivity index (χ0n) is 16.9. The molecule has 0 N–H and O–H groups in total. The Kier molecular flexibility index (Phi) is 5.29. The van der Waals surface area contributed by atoms with Crippen LogP contribution in [0.1, 0.15) is 11.6 Å². The molecule has 8 heteroatoms. The van der Waals surface area contributed by atoms with Crippen molar-refractivity contribution < 1.29 is 19.2 Å². The lowest BCUT2D eigenvalue weighted by molar-refractivity contribution is -0.126. The molecule has 5 rings (SSSR count). The van der Waals surface area contributed by atoms with Gasteiger partial charge in [0.05, 0.1) is 24.5 Å². The minimum absolute atomic E-state index is 0.348. The molecule has 0 radical (unpaired) electrons. The molecule has 2 aliphatic heterocycles. The van der Waals surface area contributed by atoms with Crippen LogP contribution in [0.2, 0.25) is 10.0 Å². The molecule has 2 heterocycles. The number of benzene rings is 3. The molecule has 3 atom stereocenters. The predicted octanol–water partition coefficient (Wildman–Crippen LogP) is 5.05. The highest BCUT2D eigenvalue weighted by Crippen LogP contribution is 2.49. The molecule has 0 bridgehead atoms. The monoisotopic (exact) mass is 468 g/mol. The minimum Gasteiger partial charge on any atom is -0.497 e. The third-order valence-electron chi connectivity index (χ3n) is 5.74. The van der Waals surface area contributed by atoms with Gasteiger partial charge in [-0.3, -0.25) is 14.4 Å². The van der Waals surface area contributed by atoms with E-state index in [1.165, 1.54) is 4.90 Å². The molecular weight excluding hydrogens is 451 g/mol. The first-order valence-corrected chi connectivity index (χ1v) is 10.7. The van der Waals surface area contributed by atoms with Crippen molar-refractivity contribution in [2.75, 3.05) is 17.1 Å². The second kappa shape index (κ2) is 8.13. The van der Waals surface area contributed by atoms with Crippen molar-refractivity contribution >= 4 is 46.4 Å². The van der Waals surface area contributed by atoms with Gasteiger partial charge in [0, 0.05) is 10.0 Å². The molecule has 6 nitrogen and oxygen atoms in total. The number of halogens is 2. The van der Waals surface area contributed by atoms with E-state index in [-0.39, 0.29) is 5.91 Å². The highest BCUT2D eigenvalue weighted by Gasteiger charge is 2.60. The molecule has 2 amide bonds. The van der Waals surface area contributed by atoms with Crippen LogP contribution in [0.5, 0.6) is 5.75 Å². The number of methoxy groups -OCH3 is 1. The summed E-state index contributed by atoms with van der Waals surface area (Å²) >= 11 is 12.6. The smallest absolute Gasteiger partial charge is 0.266 e. The highest BCUT2D eigenvalue weighted by atomic mass is 35.5. The summed E-state index contributed by atoms with van der Waals surface area (Å²) < 4.78 is 5.18. The molecule has 2 fully saturated rings. The van der Waals surface area contributed by atoms with Crippen LogP contribution >= 0.6 is 23.2 Å². The predicted molar refractivity (Wildman–Crippen MR) is 122 cm³/mol. The summed E-state index contributed by atoms with van der Waals surface area (Å²) in [4.78, 5) is 34.2. The van der Waals surface area contributed by atoms with Gasteiger partial charge in [-0.05, 0) is 54.1 Å². The lowest BCUT2D eigenvalue weighted by Crippen LogP contribution is -2.37. The van der Waals surface area contributed by atoms with Gasteiger partial charge in [-0.1, -0.05) is 47.5 Å². The molecule has 3 aromatic rings. The Morgan fingerprint density at radius 3 is 2.25 bits per heavy atom. The third kappa shape index (κ3) is 3.32. The van der Waals surface area contributed by atoms with E-state index in [0.717, 1.165) is 5.69 Å². The van der Waals surface area contributed by atoms with Crippen molar-refractivity contribution in [2.45, 2.75) is 12.1 Å².